The van der Waals surface area contributed by atoms with Gasteiger partial charge < -0.3 is 10.2 Å². The molecule has 0 amide bonds. The van der Waals surface area contributed by atoms with Crippen LogP contribution in [0.4, 0.5) is 4.39 Å². The van der Waals surface area contributed by atoms with Gasteiger partial charge in [0.15, 0.2) is 0 Å². The Kier molecular flexibility index (Phi) is 7.78. The van der Waals surface area contributed by atoms with Crippen molar-refractivity contribution in [1.29, 1.82) is 0 Å². The summed E-state index contributed by atoms with van der Waals surface area (Å²) in [5.41, 5.74) is 0.784. The van der Waals surface area contributed by atoms with Gasteiger partial charge in [-0.15, -0.1) is 0 Å². The summed E-state index contributed by atoms with van der Waals surface area (Å²) in [5.74, 6) is 0.622. The maximum atomic E-state index is 13.9. The number of nitrogens with zero attached hydrogens (tertiary/aromatic N) is 1. The fraction of sp³-hybridized carbons (Fsp3) is 0.647. The van der Waals surface area contributed by atoms with E-state index in [0.717, 1.165) is 37.5 Å². The lowest BCUT2D eigenvalue weighted by molar-refractivity contribution is 0.289. The highest BCUT2D eigenvalue weighted by molar-refractivity contribution is 5.21. The summed E-state index contributed by atoms with van der Waals surface area (Å²) in [6, 6.07) is 7.18. The van der Waals surface area contributed by atoms with Crippen molar-refractivity contribution >= 4 is 0 Å². The lowest BCUT2D eigenvalue weighted by atomic mass is 10.0. The first kappa shape index (κ1) is 17.1. The van der Waals surface area contributed by atoms with Crippen LogP contribution in [0, 0.1) is 11.7 Å². The Morgan fingerprint density at radius 1 is 1.15 bits per heavy atom. The van der Waals surface area contributed by atoms with Gasteiger partial charge in [0.1, 0.15) is 5.82 Å². The van der Waals surface area contributed by atoms with E-state index in [1.54, 1.807) is 12.1 Å². The van der Waals surface area contributed by atoms with E-state index in [1.807, 2.05) is 12.1 Å². The van der Waals surface area contributed by atoms with Crippen LogP contribution < -0.4 is 5.32 Å². The summed E-state index contributed by atoms with van der Waals surface area (Å²) in [6.45, 7) is 9.50. The van der Waals surface area contributed by atoms with E-state index in [4.69, 9.17) is 0 Å². The average molecular weight is 280 g/mol. The molecule has 0 spiro atoms. The molecule has 0 aliphatic rings. The molecule has 3 heteroatoms. The molecule has 0 fully saturated rings. The van der Waals surface area contributed by atoms with Gasteiger partial charge in [-0.2, -0.15) is 0 Å². The normalized spacial score (nSPS) is 13.2. The Bertz CT molecular complexity index is 379. The minimum absolute atomic E-state index is 0.0997. The molecule has 0 aliphatic carbocycles. The minimum atomic E-state index is -0.108. The molecule has 0 bridgehead atoms. The Morgan fingerprint density at radius 3 is 2.40 bits per heavy atom. The predicted molar refractivity (Wildman–Crippen MR) is 84.4 cm³/mol. The molecule has 0 saturated carbocycles. The standard InChI is InChI=1S/C17H29FN2/c1-5-19-17(15-8-6-7-9-16(15)18)11-13-20(4)12-10-14(2)3/h6-9,14,17,19H,5,10-13H2,1-4H3. The maximum absolute atomic E-state index is 13.9. The number of hydrogen-bond acceptors (Lipinski definition) is 2. The summed E-state index contributed by atoms with van der Waals surface area (Å²) >= 11 is 0. The molecule has 1 atom stereocenters. The van der Waals surface area contributed by atoms with E-state index in [1.165, 1.54) is 6.42 Å². The Balaban J connectivity index is 2.53. The first-order valence-corrected chi connectivity index (χ1v) is 7.71. The molecule has 2 nitrogen and oxygen atoms in total. The van der Waals surface area contributed by atoms with Gasteiger partial charge in [-0.25, -0.2) is 4.39 Å². The van der Waals surface area contributed by atoms with Crippen LogP contribution in [-0.4, -0.2) is 31.6 Å². The molecule has 0 radical (unpaired) electrons. The second kappa shape index (κ2) is 9.09. The third kappa shape index (κ3) is 6.02. The smallest absolute Gasteiger partial charge is 0.127 e. The maximum Gasteiger partial charge on any atom is 0.127 e. The first-order valence-electron chi connectivity index (χ1n) is 7.71. The minimum Gasteiger partial charge on any atom is -0.310 e. The average Bonchev–Trinajstić information content (AvgIpc) is 2.42. The first-order chi connectivity index (χ1) is 9.54. The molecule has 1 aromatic carbocycles. The topological polar surface area (TPSA) is 15.3 Å². The second-order valence-corrected chi connectivity index (χ2v) is 5.91. The zero-order chi connectivity index (χ0) is 15.0. The van der Waals surface area contributed by atoms with Crippen LogP contribution in [0.1, 0.15) is 45.2 Å². The molecule has 0 saturated heterocycles. The Morgan fingerprint density at radius 2 is 1.80 bits per heavy atom. The number of benzene rings is 1. The van der Waals surface area contributed by atoms with Crippen LogP contribution in [0.15, 0.2) is 24.3 Å². The van der Waals surface area contributed by atoms with Gasteiger partial charge in [0.25, 0.3) is 0 Å². The van der Waals surface area contributed by atoms with Gasteiger partial charge in [-0.05, 0) is 51.5 Å². The van der Waals surface area contributed by atoms with Gasteiger partial charge in [0.2, 0.25) is 0 Å². The third-order valence-electron chi connectivity index (χ3n) is 3.62. The lowest BCUT2D eigenvalue weighted by Gasteiger charge is -2.23. The highest BCUT2D eigenvalue weighted by atomic mass is 19.1. The molecule has 0 heterocycles. The van der Waals surface area contributed by atoms with Crippen molar-refractivity contribution in [1.82, 2.24) is 10.2 Å². The Labute approximate surface area is 123 Å². The molecule has 0 aromatic heterocycles. The van der Waals surface area contributed by atoms with Crippen molar-refractivity contribution in [2.24, 2.45) is 5.92 Å². The van der Waals surface area contributed by atoms with Crippen molar-refractivity contribution in [3.63, 3.8) is 0 Å². The van der Waals surface area contributed by atoms with Gasteiger partial charge >= 0.3 is 0 Å². The summed E-state index contributed by atoms with van der Waals surface area (Å²) in [5, 5.41) is 3.39. The SMILES string of the molecule is CCNC(CCN(C)CCC(C)C)c1ccccc1F. The number of halogens is 1. The van der Waals surface area contributed by atoms with Crippen LogP contribution in [0.5, 0.6) is 0 Å². The number of rotatable bonds is 9. The highest BCUT2D eigenvalue weighted by Crippen LogP contribution is 2.20. The number of nitrogens with one attached hydrogen (secondary N) is 1. The van der Waals surface area contributed by atoms with Crippen LogP contribution in [-0.2, 0) is 0 Å². The van der Waals surface area contributed by atoms with Crippen molar-refractivity contribution in [3.05, 3.63) is 35.6 Å². The molecule has 1 aromatic rings. The highest BCUT2D eigenvalue weighted by Gasteiger charge is 2.15. The molecule has 1 unspecified atom stereocenters. The summed E-state index contributed by atoms with van der Waals surface area (Å²) in [4.78, 5) is 2.34. The van der Waals surface area contributed by atoms with Crippen molar-refractivity contribution in [2.75, 3.05) is 26.7 Å². The van der Waals surface area contributed by atoms with Crippen molar-refractivity contribution < 1.29 is 4.39 Å². The summed E-state index contributed by atoms with van der Waals surface area (Å²) in [6.07, 6.45) is 2.14. The number of hydrogen-bond donors (Lipinski definition) is 1. The molecule has 1 N–H and O–H groups in total. The van der Waals surface area contributed by atoms with E-state index >= 15 is 0 Å². The van der Waals surface area contributed by atoms with Gasteiger partial charge in [-0.3, -0.25) is 0 Å². The van der Waals surface area contributed by atoms with Gasteiger partial charge in [0, 0.05) is 11.6 Å². The van der Waals surface area contributed by atoms with Crippen LogP contribution >= 0.6 is 0 Å². The van der Waals surface area contributed by atoms with E-state index in [2.05, 4.69) is 38.0 Å². The molecule has 114 valence electrons. The summed E-state index contributed by atoms with van der Waals surface area (Å²) in [7, 11) is 2.15. The summed E-state index contributed by atoms with van der Waals surface area (Å²) < 4.78 is 13.9. The van der Waals surface area contributed by atoms with E-state index in [0.29, 0.717) is 0 Å². The largest absolute Gasteiger partial charge is 0.310 e. The Hall–Kier alpha value is -0.930. The van der Waals surface area contributed by atoms with E-state index < -0.39 is 0 Å². The quantitative estimate of drug-likeness (QED) is 0.739. The molecule has 20 heavy (non-hydrogen) atoms. The fourth-order valence-corrected chi connectivity index (χ4v) is 2.31. The van der Waals surface area contributed by atoms with Crippen LogP contribution in [0.3, 0.4) is 0 Å². The van der Waals surface area contributed by atoms with Crippen LogP contribution in [0.2, 0.25) is 0 Å². The van der Waals surface area contributed by atoms with Crippen LogP contribution in [0.25, 0.3) is 0 Å². The predicted octanol–water partition coefficient (Wildman–Crippen LogP) is 3.84. The lowest BCUT2D eigenvalue weighted by Crippen LogP contribution is -2.28. The zero-order valence-electron chi connectivity index (χ0n) is 13.3. The monoisotopic (exact) mass is 280 g/mol. The van der Waals surface area contributed by atoms with E-state index in [-0.39, 0.29) is 11.9 Å². The zero-order valence-corrected chi connectivity index (χ0v) is 13.3. The van der Waals surface area contributed by atoms with Crippen molar-refractivity contribution in [3.8, 4) is 0 Å². The van der Waals surface area contributed by atoms with Gasteiger partial charge in [0.05, 0.1) is 0 Å². The molecule has 0 aliphatic heterocycles. The third-order valence-corrected chi connectivity index (χ3v) is 3.62. The van der Waals surface area contributed by atoms with E-state index in [9.17, 15) is 4.39 Å². The second-order valence-electron chi connectivity index (χ2n) is 5.91. The molecular weight excluding hydrogens is 251 g/mol. The molecular formula is C17H29FN2. The van der Waals surface area contributed by atoms with Gasteiger partial charge in [-0.1, -0.05) is 39.0 Å². The van der Waals surface area contributed by atoms with Crippen molar-refractivity contribution in [2.45, 2.75) is 39.7 Å². The fourth-order valence-electron chi connectivity index (χ4n) is 2.31. The molecule has 1 rings (SSSR count).